The molecule has 0 saturated heterocycles. The number of carboxylic acid groups (broad SMARTS) is 1. The van der Waals surface area contributed by atoms with Gasteiger partial charge < -0.3 is 5.11 Å². The number of rotatable bonds is 5. The molecule has 0 unspecified atom stereocenters. The van der Waals surface area contributed by atoms with Gasteiger partial charge >= 0.3 is 5.97 Å². The SMILES string of the molecule is CCCCCc1ccc(Cl)c(C(=O)O)n1. The zero-order chi connectivity index (χ0) is 11.3. The second-order valence-electron chi connectivity index (χ2n) is 3.40. The van der Waals surface area contributed by atoms with Crippen molar-refractivity contribution in [2.24, 2.45) is 0 Å². The van der Waals surface area contributed by atoms with Crippen molar-refractivity contribution in [3.8, 4) is 0 Å². The molecule has 0 radical (unpaired) electrons. The zero-order valence-corrected chi connectivity index (χ0v) is 9.42. The minimum Gasteiger partial charge on any atom is -0.476 e. The van der Waals surface area contributed by atoms with Crippen molar-refractivity contribution < 1.29 is 9.90 Å². The third-order valence-electron chi connectivity index (χ3n) is 2.14. The highest BCUT2D eigenvalue weighted by Crippen LogP contribution is 2.15. The Hall–Kier alpha value is -1.09. The summed E-state index contributed by atoms with van der Waals surface area (Å²) in [5.41, 5.74) is 0.746. The minimum absolute atomic E-state index is 0.0503. The molecule has 4 heteroatoms. The maximum Gasteiger partial charge on any atom is 0.356 e. The molecule has 1 aromatic heterocycles. The standard InChI is InChI=1S/C11H14ClNO2/c1-2-3-4-5-8-6-7-9(12)10(13-8)11(14)15/h6-7H,2-5H2,1H3,(H,14,15). The fraction of sp³-hybridized carbons (Fsp3) is 0.455. The van der Waals surface area contributed by atoms with Gasteiger partial charge in [0.05, 0.1) is 5.02 Å². The lowest BCUT2D eigenvalue weighted by molar-refractivity contribution is 0.0690. The third kappa shape index (κ3) is 3.51. The molecule has 3 nitrogen and oxygen atoms in total. The average Bonchev–Trinajstić information content (AvgIpc) is 2.20. The van der Waals surface area contributed by atoms with Crippen molar-refractivity contribution in [3.63, 3.8) is 0 Å². The maximum atomic E-state index is 10.8. The van der Waals surface area contributed by atoms with Gasteiger partial charge in [0.25, 0.3) is 0 Å². The fourth-order valence-electron chi connectivity index (χ4n) is 1.33. The Balaban J connectivity index is 2.74. The number of hydrogen-bond acceptors (Lipinski definition) is 2. The molecular weight excluding hydrogens is 214 g/mol. The molecule has 0 atom stereocenters. The van der Waals surface area contributed by atoms with Gasteiger partial charge in [0.15, 0.2) is 5.69 Å². The van der Waals surface area contributed by atoms with Crippen LogP contribution in [0.4, 0.5) is 0 Å². The Morgan fingerprint density at radius 3 is 2.80 bits per heavy atom. The van der Waals surface area contributed by atoms with Crippen LogP contribution in [0.25, 0.3) is 0 Å². The molecule has 1 rings (SSSR count). The molecule has 0 bridgehead atoms. The molecule has 0 amide bonds. The predicted molar refractivity (Wildman–Crippen MR) is 59.4 cm³/mol. The summed E-state index contributed by atoms with van der Waals surface area (Å²) in [6.45, 7) is 2.12. The number of pyridine rings is 1. The number of aromatic carboxylic acids is 1. The van der Waals surface area contributed by atoms with E-state index in [9.17, 15) is 4.79 Å². The van der Waals surface area contributed by atoms with Crippen LogP contribution in [-0.2, 0) is 6.42 Å². The molecule has 0 aliphatic carbocycles. The van der Waals surface area contributed by atoms with Crippen molar-refractivity contribution in [2.45, 2.75) is 32.6 Å². The highest BCUT2D eigenvalue weighted by molar-refractivity contribution is 6.33. The van der Waals surface area contributed by atoms with Gasteiger partial charge in [-0.3, -0.25) is 0 Å². The highest BCUT2D eigenvalue weighted by atomic mass is 35.5. The summed E-state index contributed by atoms with van der Waals surface area (Å²) in [6.07, 6.45) is 4.11. The van der Waals surface area contributed by atoms with E-state index in [-0.39, 0.29) is 10.7 Å². The summed E-state index contributed by atoms with van der Waals surface area (Å²) in [6, 6.07) is 3.38. The Labute approximate surface area is 94.1 Å². The molecule has 0 spiro atoms. The third-order valence-corrected chi connectivity index (χ3v) is 2.45. The van der Waals surface area contributed by atoms with Crippen LogP contribution in [0.3, 0.4) is 0 Å². The number of nitrogens with zero attached hydrogens (tertiary/aromatic N) is 1. The fourth-order valence-corrected chi connectivity index (χ4v) is 1.51. The molecule has 0 aliphatic rings. The van der Waals surface area contributed by atoms with Crippen molar-refractivity contribution in [2.75, 3.05) is 0 Å². The molecule has 1 heterocycles. The molecule has 15 heavy (non-hydrogen) atoms. The zero-order valence-electron chi connectivity index (χ0n) is 8.66. The number of carbonyl (C=O) groups is 1. The van der Waals surface area contributed by atoms with Crippen molar-refractivity contribution in [3.05, 3.63) is 28.5 Å². The maximum absolute atomic E-state index is 10.8. The lowest BCUT2D eigenvalue weighted by atomic mass is 10.1. The average molecular weight is 228 g/mol. The van der Waals surface area contributed by atoms with Crippen molar-refractivity contribution in [1.29, 1.82) is 0 Å². The van der Waals surface area contributed by atoms with E-state index in [4.69, 9.17) is 16.7 Å². The normalized spacial score (nSPS) is 10.3. The van der Waals surface area contributed by atoms with Gasteiger partial charge in [-0.1, -0.05) is 31.4 Å². The lowest BCUT2D eigenvalue weighted by Crippen LogP contribution is -2.04. The van der Waals surface area contributed by atoms with E-state index < -0.39 is 5.97 Å². The number of aryl methyl sites for hydroxylation is 1. The Bertz CT molecular complexity index is 352. The quantitative estimate of drug-likeness (QED) is 0.786. The second kappa shape index (κ2) is 5.71. The van der Waals surface area contributed by atoms with E-state index in [1.807, 2.05) is 0 Å². The van der Waals surface area contributed by atoms with Gasteiger partial charge in [-0.25, -0.2) is 9.78 Å². The molecule has 1 aromatic rings. The highest BCUT2D eigenvalue weighted by Gasteiger charge is 2.10. The number of halogens is 1. The summed E-state index contributed by atoms with van der Waals surface area (Å²) >= 11 is 5.71. The van der Waals surface area contributed by atoms with Crippen LogP contribution in [-0.4, -0.2) is 16.1 Å². The van der Waals surface area contributed by atoms with E-state index in [2.05, 4.69) is 11.9 Å². The largest absolute Gasteiger partial charge is 0.476 e. The molecule has 0 saturated carbocycles. The van der Waals surface area contributed by atoms with E-state index in [1.165, 1.54) is 0 Å². The van der Waals surface area contributed by atoms with Gasteiger partial charge in [0.2, 0.25) is 0 Å². The van der Waals surface area contributed by atoms with Gasteiger partial charge in [-0.05, 0) is 25.0 Å². The van der Waals surface area contributed by atoms with Gasteiger partial charge in [-0.15, -0.1) is 0 Å². The first-order chi connectivity index (χ1) is 7.15. The number of carboxylic acids is 1. The van der Waals surface area contributed by atoms with E-state index >= 15 is 0 Å². The van der Waals surface area contributed by atoms with Gasteiger partial charge in [0, 0.05) is 5.69 Å². The van der Waals surface area contributed by atoms with E-state index in [1.54, 1.807) is 12.1 Å². The van der Waals surface area contributed by atoms with Crippen LogP contribution in [0, 0.1) is 0 Å². The van der Waals surface area contributed by atoms with Crippen molar-refractivity contribution in [1.82, 2.24) is 4.98 Å². The summed E-state index contributed by atoms with van der Waals surface area (Å²) in [7, 11) is 0. The van der Waals surface area contributed by atoms with Gasteiger partial charge in [0.1, 0.15) is 0 Å². The predicted octanol–water partition coefficient (Wildman–Crippen LogP) is 3.17. The van der Waals surface area contributed by atoms with E-state index in [0.717, 1.165) is 31.4 Å². The monoisotopic (exact) mass is 227 g/mol. The van der Waals surface area contributed by atoms with Gasteiger partial charge in [-0.2, -0.15) is 0 Å². The first-order valence-electron chi connectivity index (χ1n) is 5.04. The molecule has 82 valence electrons. The molecule has 0 aromatic carbocycles. The first-order valence-corrected chi connectivity index (χ1v) is 5.41. The van der Waals surface area contributed by atoms with Crippen LogP contribution in [0.5, 0.6) is 0 Å². The molecule has 0 aliphatic heterocycles. The summed E-state index contributed by atoms with van der Waals surface area (Å²) in [5, 5.41) is 9.01. The number of aromatic nitrogens is 1. The Morgan fingerprint density at radius 2 is 2.20 bits per heavy atom. The number of unbranched alkanes of at least 4 members (excludes halogenated alkanes) is 2. The van der Waals surface area contributed by atoms with Crippen LogP contribution >= 0.6 is 11.6 Å². The first kappa shape index (κ1) is 12.0. The topological polar surface area (TPSA) is 50.2 Å². The summed E-state index contributed by atoms with van der Waals surface area (Å²) < 4.78 is 0. The molecular formula is C11H14ClNO2. The minimum atomic E-state index is -1.07. The Morgan fingerprint density at radius 1 is 1.47 bits per heavy atom. The summed E-state index contributed by atoms with van der Waals surface area (Å²) in [4.78, 5) is 14.8. The van der Waals surface area contributed by atoms with E-state index in [0.29, 0.717) is 0 Å². The Kier molecular flexibility index (Phi) is 4.56. The van der Waals surface area contributed by atoms with Crippen LogP contribution in [0.1, 0.15) is 42.4 Å². The summed E-state index contributed by atoms with van der Waals surface area (Å²) in [5.74, 6) is -1.07. The van der Waals surface area contributed by atoms with Crippen LogP contribution in [0.15, 0.2) is 12.1 Å². The van der Waals surface area contributed by atoms with Crippen LogP contribution < -0.4 is 0 Å². The van der Waals surface area contributed by atoms with Crippen molar-refractivity contribution >= 4 is 17.6 Å². The smallest absolute Gasteiger partial charge is 0.356 e. The van der Waals surface area contributed by atoms with Crippen LogP contribution in [0.2, 0.25) is 5.02 Å². The lowest BCUT2D eigenvalue weighted by Gasteiger charge is -2.02. The molecule has 1 N–H and O–H groups in total. The second-order valence-corrected chi connectivity index (χ2v) is 3.80. The molecule has 0 fully saturated rings. The number of hydrogen-bond donors (Lipinski definition) is 1.